The third-order valence-corrected chi connectivity index (χ3v) is 6.74. The van der Waals surface area contributed by atoms with E-state index in [9.17, 15) is 14.7 Å². The maximum absolute atomic E-state index is 12.7. The molecule has 2 atom stereocenters. The average Bonchev–Trinajstić information content (AvgIpc) is 2.79. The largest absolute Gasteiger partial charge is 0.496 e. The molecular formula is C23H31ClN4O4. The van der Waals surface area contributed by atoms with E-state index in [1.165, 1.54) is 13.2 Å². The predicted octanol–water partition coefficient (Wildman–Crippen LogP) is 3.28. The molecule has 1 aromatic rings. The van der Waals surface area contributed by atoms with Crippen molar-refractivity contribution in [2.45, 2.75) is 37.8 Å². The number of carboxylic acid groups (broad SMARTS) is 1. The third kappa shape index (κ3) is 5.19. The van der Waals surface area contributed by atoms with Crippen LogP contribution in [0.4, 0.5) is 10.5 Å². The number of piperidine rings is 1. The monoisotopic (exact) mass is 462 g/mol. The highest BCUT2D eigenvalue weighted by Gasteiger charge is 2.40. The number of benzene rings is 1. The summed E-state index contributed by atoms with van der Waals surface area (Å²) >= 11 is 6.07. The van der Waals surface area contributed by atoms with Crippen LogP contribution >= 0.6 is 11.6 Å². The summed E-state index contributed by atoms with van der Waals surface area (Å²) in [7, 11) is 1.49. The van der Waals surface area contributed by atoms with Gasteiger partial charge in [0, 0.05) is 12.6 Å². The van der Waals surface area contributed by atoms with Gasteiger partial charge in [0.05, 0.1) is 35.0 Å². The van der Waals surface area contributed by atoms with Crippen LogP contribution in [0.25, 0.3) is 0 Å². The maximum atomic E-state index is 12.7. The van der Waals surface area contributed by atoms with E-state index in [2.05, 4.69) is 21.6 Å². The van der Waals surface area contributed by atoms with Crippen LogP contribution in [0.1, 0.15) is 36.5 Å². The van der Waals surface area contributed by atoms with E-state index in [-0.39, 0.29) is 11.9 Å². The molecule has 1 aliphatic heterocycles. The zero-order valence-electron chi connectivity index (χ0n) is 18.4. The Bertz CT molecular complexity index is 912. The average molecular weight is 463 g/mol. The van der Waals surface area contributed by atoms with E-state index in [1.807, 2.05) is 25.2 Å². The summed E-state index contributed by atoms with van der Waals surface area (Å²) in [5.74, 6) is 0.470. The Morgan fingerprint density at radius 3 is 2.66 bits per heavy atom. The first-order chi connectivity index (χ1) is 15.3. The summed E-state index contributed by atoms with van der Waals surface area (Å²) in [5, 5.41) is 15.4. The van der Waals surface area contributed by atoms with Crippen molar-refractivity contribution >= 4 is 29.3 Å². The van der Waals surface area contributed by atoms with Gasteiger partial charge in [-0.2, -0.15) is 0 Å². The number of likely N-dealkylation sites (tertiary alicyclic amines) is 1. The van der Waals surface area contributed by atoms with Crippen molar-refractivity contribution in [3.8, 4) is 5.75 Å². The minimum Gasteiger partial charge on any atom is -0.496 e. The van der Waals surface area contributed by atoms with E-state index in [0.29, 0.717) is 40.9 Å². The molecule has 2 unspecified atom stereocenters. The number of rotatable bonds is 7. The van der Waals surface area contributed by atoms with Gasteiger partial charge in [0.1, 0.15) is 5.75 Å². The van der Waals surface area contributed by atoms with Crippen LogP contribution in [-0.4, -0.2) is 60.3 Å². The molecule has 1 aliphatic carbocycles. The molecule has 174 valence electrons. The zero-order valence-corrected chi connectivity index (χ0v) is 19.2. The number of nitrogens with one attached hydrogen (secondary N) is 2. The molecule has 0 radical (unpaired) electrons. The van der Waals surface area contributed by atoms with Crippen LogP contribution < -0.4 is 21.1 Å². The number of nitrogen functional groups attached to an aromatic ring is 1. The molecule has 1 aromatic carbocycles. The van der Waals surface area contributed by atoms with E-state index < -0.39 is 11.6 Å². The number of methoxy groups -OCH3 is 1. The molecule has 0 saturated carbocycles. The van der Waals surface area contributed by atoms with E-state index in [4.69, 9.17) is 22.1 Å². The summed E-state index contributed by atoms with van der Waals surface area (Å²) < 4.78 is 5.27. The lowest BCUT2D eigenvalue weighted by Crippen LogP contribution is -2.61. The third-order valence-electron chi connectivity index (χ3n) is 6.41. The Balaban J connectivity index is 1.58. The van der Waals surface area contributed by atoms with Crippen molar-refractivity contribution < 1.29 is 19.4 Å². The Kier molecular flexibility index (Phi) is 7.69. The number of nitrogens with zero attached hydrogens (tertiary/aromatic N) is 1. The fourth-order valence-electron chi connectivity index (χ4n) is 4.53. The van der Waals surface area contributed by atoms with Gasteiger partial charge >= 0.3 is 6.09 Å². The van der Waals surface area contributed by atoms with Crippen molar-refractivity contribution in [2.75, 3.05) is 32.5 Å². The standard InChI is InChI=1S/C23H31ClN4O4/c1-3-23(27-22(30)31)9-5-4-6-20(23)28-10-7-15(8-11-28)14-26-21(29)16-12-17(24)18(25)13-19(16)32-2/h4-6,9,12-13,15,20,27H,3,7-8,10-11,14,25H2,1-2H3,(H,26,29)(H,30,31). The topological polar surface area (TPSA) is 117 Å². The highest BCUT2D eigenvalue weighted by atomic mass is 35.5. The number of carbonyl (C=O) groups excluding carboxylic acids is 1. The molecule has 5 N–H and O–H groups in total. The Morgan fingerprint density at radius 1 is 1.31 bits per heavy atom. The second-order valence-corrected chi connectivity index (χ2v) is 8.68. The summed E-state index contributed by atoms with van der Waals surface area (Å²) in [6.07, 6.45) is 9.33. The SMILES string of the molecule is CCC1(NC(=O)O)C=CC=CC1N1CCC(CNC(=O)c2cc(Cl)c(N)cc2OC)CC1. The molecule has 2 aliphatic rings. The van der Waals surface area contributed by atoms with Gasteiger partial charge in [0.25, 0.3) is 5.91 Å². The number of amides is 2. The van der Waals surface area contributed by atoms with Crippen LogP contribution in [-0.2, 0) is 0 Å². The first-order valence-electron chi connectivity index (χ1n) is 10.8. The van der Waals surface area contributed by atoms with Crippen molar-refractivity contribution in [1.29, 1.82) is 0 Å². The number of nitrogens with two attached hydrogens (primary N) is 1. The molecule has 0 spiro atoms. The van der Waals surface area contributed by atoms with Gasteiger partial charge in [0.2, 0.25) is 0 Å². The Hall–Kier alpha value is -2.71. The number of hydrogen-bond acceptors (Lipinski definition) is 5. The first-order valence-corrected chi connectivity index (χ1v) is 11.2. The van der Waals surface area contributed by atoms with Gasteiger partial charge < -0.3 is 26.2 Å². The second-order valence-electron chi connectivity index (χ2n) is 8.28. The highest BCUT2D eigenvalue weighted by Crippen LogP contribution is 2.31. The summed E-state index contributed by atoms with van der Waals surface area (Å²) in [6, 6.07) is 3.04. The highest BCUT2D eigenvalue weighted by molar-refractivity contribution is 6.33. The quantitative estimate of drug-likeness (QED) is 0.462. The smallest absolute Gasteiger partial charge is 0.405 e. The van der Waals surface area contributed by atoms with Crippen molar-refractivity contribution in [3.63, 3.8) is 0 Å². The van der Waals surface area contributed by atoms with E-state index in [0.717, 1.165) is 25.9 Å². The van der Waals surface area contributed by atoms with Crippen LogP contribution in [0.2, 0.25) is 5.02 Å². The number of carbonyl (C=O) groups is 2. The predicted molar refractivity (Wildman–Crippen MR) is 125 cm³/mol. The van der Waals surface area contributed by atoms with Gasteiger partial charge in [0.15, 0.2) is 0 Å². The lowest BCUT2D eigenvalue weighted by molar-refractivity contribution is 0.0891. The van der Waals surface area contributed by atoms with Crippen molar-refractivity contribution in [2.24, 2.45) is 5.92 Å². The summed E-state index contributed by atoms with van der Waals surface area (Å²) in [5.41, 5.74) is 5.88. The number of hydrogen-bond donors (Lipinski definition) is 4. The molecule has 0 bridgehead atoms. The van der Waals surface area contributed by atoms with Crippen LogP contribution in [0.15, 0.2) is 36.4 Å². The fraction of sp³-hybridized carbons (Fsp3) is 0.478. The van der Waals surface area contributed by atoms with Gasteiger partial charge in [-0.3, -0.25) is 9.69 Å². The van der Waals surface area contributed by atoms with Gasteiger partial charge in [-0.1, -0.05) is 42.8 Å². The molecule has 1 fully saturated rings. The van der Waals surface area contributed by atoms with Crippen LogP contribution in [0, 0.1) is 5.92 Å². The molecule has 8 nitrogen and oxygen atoms in total. The van der Waals surface area contributed by atoms with Crippen molar-refractivity contribution in [1.82, 2.24) is 15.5 Å². The lowest BCUT2D eigenvalue weighted by atomic mass is 9.81. The molecule has 0 aromatic heterocycles. The summed E-state index contributed by atoms with van der Waals surface area (Å²) in [6.45, 7) is 4.18. The maximum Gasteiger partial charge on any atom is 0.405 e. The molecule has 2 amide bonds. The van der Waals surface area contributed by atoms with Gasteiger partial charge in [-0.15, -0.1) is 0 Å². The minimum atomic E-state index is -1.02. The van der Waals surface area contributed by atoms with E-state index >= 15 is 0 Å². The zero-order chi connectivity index (χ0) is 23.3. The van der Waals surface area contributed by atoms with Gasteiger partial charge in [-0.05, 0) is 44.3 Å². The normalized spacial score (nSPS) is 23.7. The van der Waals surface area contributed by atoms with Crippen LogP contribution in [0.3, 0.4) is 0 Å². The van der Waals surface area contributed by atoms with Crippen LogP contribution in [0.5, 0.6) is 5.75 Å². The first kappa shape index (κ1) is 23.9. The fourth-order valence-corrected chi connectivity index (χ4v) is 4.69. The second kappa shape index (κ2) is 10.3. The number of allylic oxidation sites excluding steroid dienone is 2. The van der Waals surface area contributed by atoms with E-state index in [1.54, 1.807) is 6.07 Å². The minimum absolute atomic E-state index is 0.0367. The molecule has 1 heterocycles. The molecule has 32 heavy (non-hydrogen) atoms. The Morgan fingerprint density at radius 2 is 2.03 bits per heavy atom. The number of halogens is 1. The molecule has 9 heteroatoms. The Labute approximate surface area is 193 Å². The number of ether oxygens (including phenoxy) is 1. The molecule has 3 rings (SSSR count). The molecule has 1 saturated heterocycles. The van der Waals surface area contributed by atoms with Crippen molar-refractivity contribution in [3.05, 3.63) is 47.0 Å². The summed E-state index contributed by atoms with van der Waals surface area (Å²) in [4.78, 5) is 26.4. The van der Waals surface area contributed by atoms with Gasteiger partial charge in [-0.25, -0.2) is 4.79 Å². The lowest BCUT2D eigenvalue weighted by Gasteiger charge is -2.46. The molecular weight excluding hydrogens is 432 g/mol. The number of anilines is 1.